The monoisotopic (exact) mass is 635 g/mol. The number of rotatable bonds is 13. The molecule has 0 bridgehead atoms. The van der Waals surface area contributed by atoms with Crippen LogP contribution in [-0.4, -0.2) is 69.0 Å². The van der Waals surface area contributed by atoms with Crippen molar-refractivity contribution in [1.82, 2.24) is 25.4 Å². The number of aromatic nitrogens is 3. The normalized spacial score (nSPS) is 14.1. The molecule has 0 saturated carbocycles. The van der Waals surface area contributed by atoms with Gasteiger partial charge in [-0.15, -0.1) is 10.2 Å². The summed E-state index contributed by atoms with van der Waals surface area (Å²) in [5.74, 6) is -0.882. The Morgan fingerprint density at radius 3 is 2.13 bits per heavy atom. The van der Waals surface area contributed by atoms with Gasteiger partial charge in [0.05, 0.1) is 18.2 Å². The Bertz CT molecular complexity index is 1460. The maximum absolute atomic E-state index is 12.7. The second kappa shape index (κ2) is 14.8. The zero-order valence-electron chi connectivity index (χ0n) is 27.4. The summed E-state index contributed by atoms with van der Waals surface area (Å²) in [5.41, 5.74) is 3.31. The molecule has 12 nitrogen and oxygen atoms in total. The van der Waals surface area contributed by atoms with Crippen molar-refractivity contribution < 1.29 is 33.7 Å². The van der Waals surface area contributed by atoms with Crippen molar-refractivity contribution >= 4 is 18.2 Å². The first kappa shape index (κ1) is 34.4. The van der Waals surface area contributed by atoms with E-state index in [1.807, 2.05) is 45.0 Å². The molecule has 3 aromatic rings. The molecular formula is C34H45N5O7. The van der Waals surface area contributed by atoms with E-state index < -0.39 is 41.4 Å². The summed E-state index contributed by atoms with van der Waals surface area (Å²) in [6.07, 6.45) is 1.67. The number of carboxylic acid groups (broad SMARTS) is 1. The van der Waals surface area contributed by atoms with E-state index in [1.165, 1.54) is 10.9 Å². The maximum atomic E-state index is 12.7. The number of carbonyl (C=O) groups excluding carboxylic acids is 2. The molecule has 3 N–H and O–H groups in total. The molecule has 0 saturated heterocycles. The number of carbonyl (C=O) groups is 3. The average Bonchev–Trinajstić information content (AvgIpc) is 3.57. The van der Waals surface area contributed by atoms with Gasteiger partial charge < -0.3 is 30.0 Å². The summed E-state index contributed by atoms with van der Waals surface area (Å²) in [7, 11) is 0. The minimum atomic E-state index is -1.12. The highest BCUT2D eigenvalue weighted by atomic mass is 16.6. The molecule has 248 valence electrons. The number of hydrogen-bond acceptors (Lipinski definition) is 8. The summed E-state index contributed by atoms with van der Waals surface area (Å²) < 4.78 is 18.2. The van der Waals surface area contributed by atoms with Gasteiger partial charge in [0.25, 0.3) is 0 Å². The summed E-state index contributed by atoms with van der Waals surface area (Å²) in [4.78, 5) is 37.6. The first-order valence-corrected chi connectivity index (χ1v) is 15.6. The van der Waals surface area contributed by atoms with Gasteiger partial charge >= 0.3 is 18.2 Å². The molecule has 1 aromatic heterocycles. The fraction of sp³-hybridized carbons (Fsp3) is 0.500. The first-order valence-electron chi connectivity index (χ1n) is 15.6. The van der Waals surface area contributed by atoms with Crippen LogP contribution in [0.2, 0.25) is 0 Å². The fourth-order valence-corrected chi connectivity index (χ4v) is 5.37. The lowest BCUT2D eigenvalue weighted by Crippen LogP contribution is -2.37. The van der Waals surface area contributed by atoms with Crippen molar-refractivity contribution in [2.24, 2.45) is 0 Å². The van der Waals surface area contributed by atoms with Crippen LogP contribution in [0.3, 0.4) is 0 Å². The van der Waals surface area contributed by atoms with Crippen LogP contribution in [0.5, 0.6) is 0 Å². The van der Waals surface area contributed by atoms with E-state index in [2.05, 4.69) is 45.1 Å². The van der Waals surface area contributed by atoms with Crippen molar-refractivity contribution in [3.05, 3.63) is 71.8 Å². The van der Waals surface area contributed by atoms with Crippen LogP contribution >= 0.6 is 0 Å². The van der Waals surface area contributed by atoms with Crippen molar-refractivity contribution in [3.8, 4) is 11.1 Å². The Kier molecular flexibility index (Phi) is 11.0. The highest BCUT2D eigenvalue weighted by Crippen LogP contribution is 2.44. The van der Waals surface area contributed by atoms with Gasteiger partial charge in [0.15, 0.2) is 11.9 Å². The van der Waals surface area contributed by atoms with Crippen LogP contribution < -0.4 is 10.6 Å². The van der Waals surface area contributed by atoms with Gasteiger partial charge in [-0.3, -0.25) is 4.57 Å². The van der Waals surface area contributed by atoms with E-state index in [9.17, 15) is 19.5 Å². The molecule has 12 heteroatoms. The van der Waals surface area contributed by atoms with Crippen LogP contribution in [0, 0.1) is 0 Å². The number of fused-ring (bicyclic) bond motifs is 3. The highest BCUT2D eigenvalue weighted by molar-refractivity contribution is 5.79. The molecule has 1 aliphatic carbocycles. The number of unbranched alkanes of at least 4 members (excludes halogenated alkanes) is 1. The van der Waals surface area contributed by atoms with Crippen molar-refractivity contribution in [1.29, 1.82) is 0 Å². The minimum Gasteiger partial charge on any atom is -0.480 e. The SMILES string of the molecule is CC(C)(C)OC[C@@H](C(=O)O)n1cnnc1[C@H](CCCCNC(=O)OCC1c2ccccc2-c2ccccc21)NC(=O)OC(C)(C)C. The lowest BCUT2D eigenvalue weighted by atomic mass is 9.98. The summed E-state index contributed by atoms with van der Waals surface area (Å²) in [5, 5.41) is 23.7. The lowest BCUT2D eigenvalue weighted by molar-refractivity contribution is -0.144. The third-order valence-corrected chi connectivity index (χ3v) is 7.43. The Morgan fingerprint density at radius 2 is 1.54 bits per heavy atom. The van der Waals surface area contributed by atoms with E-state index >= 15 is 0 Å². The van der Waals surface area contributed by atoms with Crippen LogP contribution in [0.15, 0.2) is 54.9 Å². The highest BCUT2D eigenvalue weighted by Gasteiger charge is 2.31. The average molecular weight is 636 g/mol. The molecule has 46 heavy (non-hydrogen) atoms. The Hall–Kier alpha value is -4.45. The standard InChI is InChI=1S/C34H45N5O7/c1-33(2,3)45-20-28(30(40)41)39-21-36-38-29(39)27(37-32(43)46-34(4,5)6)17-11-12-18-35-31(42)44-19-26-24-15-9-7-13-22(24)23-14-8-10-16-25(23)26/h7-10,13-16,21,26-28H,11-12,17-20H2,1-6H3,(H,35,42)(H,37,43)(H,40,41)/t27-,28-/m0/s1. The van der Waals surface area contributed by atoms with Gasteiger partial charge in [-0.1, -0.05) is 48.5 Å². The van der Waals surface area contributed by atoms with Crippen molar-refractivity contribution in [3.63, 3.8) is 0 Å². The van der Waals surface area contributed by atoms with Crippen molar-refractivity contribution in [2.75, 3.05) is 19.8 Å². The van der Waals surface area contributed by atoms with Gasteiger partial charge in [-0.2, -0.15) is 0 Å². The number of nitrogens with zero attached hydrogens (tertiary/aromatic N) is 3. The van der Waals surface area contributed by atoms with E-state index in [0.29, 0.717) is 25.8 Å². The van der Waals surface area contributed by atoms with E-state index in [0.717, 1.165) is 22.3 Å². The molecule has 0 aliphatic heterocycles. The second-order valence-electron chi connectivity index (χ2n) is 13.3. The number of ether oxygens (including phenoxy) is 3. The molecule has 1 aliphatic rings. The molecular weight excluding hydrogens is 590 g/mol. The predicted molar refractivity (Wildman–Crippen MR) is 171 cm³/mol. The predicted octanol–water partition coefficient (Wildman–Crippen LogP) is 5.99. The number of carboxylic acids is 1. The Labute approximate surface area is 269 Å². The third-order valence-electron chi connectivity index (χ3n) is 7.43. The van der Waals surface area contributed by atoms with Crippen molar-refractivity contribution in [2.45, 2.75) is 90.0 Å². The molecule has 0 fully saturated rings. The number of hydrogen-bond donors (Lipinski definition) is 3. The van der Waals surface area contributed by atoms with Gasteiger partial charge in [-0.25, -0.2) is 14.4 Å². The quantitative estimate of drug-likeness (QED) is 0.192. The topological polar surface area (TPSA) is 154 Å². The molecule has 2 atom stereocenters. The lowest BCUT2D eigenvalue weighted by Gasteiger charge is -2.26. The summed E-state index contributed by atoms with van der Waals surface area (Å²) >= 11 is 0. The van der Waals surface area contributed by atoms with E-state index in [-0.39, 0.29) is 25.0 Å². The number of amides is 2. The smallest absolute Gasteiger partial charge is 0.408 e. The minimum absolute atomic E-state index is 0.0291. The molecule has 0 radical (unpaired) electrons. The summed E-state index contributed by atoms with van der Waals surface area (Å²) in [6.45, 7) is 11.2. The molecule has 2 aromatic carbocycles. The van der Waals surface area contributed by atoms with Gasteiger partial charge in [0, 0.05) is 12.5 Å². The molecule has 1 heterocycles. The van der Waals surface area contributed by atoms with Gasteiger partial charge in [-0.05, 0) is 83.1 Å². The number of nitrogens with one attached hydrogen (secondary N) is 2. The zero-order chi connectivity index (χ0) is 33.5. The molecule has 2 amide bonds. The number of alkyl carbamates (subject to hydrolysis) is 2. The maximum Gasteiger partial charge on any atom is 0.408 e. The van der Waals surface area contributed by atoms with Crippen LogP contribution in [0.4, 0.5) is 9.59 Å². The first-order chi connectivity index (χ1) is 21.7. The number of benzene rings is 2. The largest absolute Gasteiger partial charge is 0.480 e. The molecule has 0 spiro atoms. The van der Waals surface area contributed by atoms with E-state index in [4.69, 9.17) is 14.2 Å². The molecule has 0 unspecified atom stereocenters. The molecule has 4 rings (SSSR count). The fourth-order valence-electron chi connectivity index (χ4n) is 5.37. The third kappa shape index (κ3) is 9.29. The van der Waals surface area contributed by atoms with Gasteiger partial charge in [0.1, 0.15) is 18.5 Å². The van der Waals surface area contributed by atoms with Crippen LogP contribution in [0.1, 0.15) is 95.8 Å². The second-order valence-corrected chi connectivity index (χ2v) is 13.3. The zero-order valence-corrected chi connectivity index (χ0v) is 27.4. The number of aliphatic carboxylic acids is 1. The Morgan fingerprint density at radius 1 is 0.913 bits per heavy atom. The van der Waals surface area contributed by atoms with Gasteiger partial charge in [0.2, 0.25) is 0 Å². The summed E-state index contributed by atoms with van der Waals surface area (Å²) in [6, 6.07) is 14.5. The van der Waals surface area contributed by atoms with E-state index in [1.54, 1.807) is 20.8 Å². The van der Waals surface area contributed by atoms with Crippen LogP contribution in [0.25, 0.3) is 11.1 Å². The van der Waals surface area contributed by atoms with Crippen LogP contribution in [-0.2, 0) is 19.0 Å². The Balaban J connectivity index is 1.34.